The second kappa shape index (κ2) is 30.7. The number of carbonyl (C=O) groups is 7. The highest BCUT2D eigenvalue weighted by molar-refractivity contribution is 5.96. The maximum atomic E-state index is 13.6. The van der Waals surface area contributed by atoms with E-state index < -0.39 is 71.8 Å². The van der Waals surface area contributed by atoms with Gasteiger partial charge in [0.1, 0.15) is 36.3 Å². The number of amides is 6. The van der Waals surface area contributed by atoms with Gasteiger partial charge in [-0.25, -0.2) is 4.79 Å². The Hall–Kier alpha value is -4.32. The normalized spacial score (nSPS) is 16.9. The van der Waals surface area contributed by atoms with Crippen LogP contribution in [-0.4, -0.2) is 135 Å². The lowest BCUT2D eigenvalue weighted by Crippen LogP contribution is -2.59. The summed E-state index contributed by atoms with van der Waals surface area (Å²) >= 11 is 0. The zero-order chi connectivity index (χ0) is 46.2. The van der Waals surface area contributed by atoms with Gasteiger partial charge in [0.05, 0.1) is 13.7 Å². The maximum absolute atomic E-state index is 13.6. The van der Waals surface area contributed by atoms with E-state index in [1.165, 1.54) is 21.0 Å². The molecule has 2 rings (SSSR count). The Bertz CT molecular complexity index is 1560. The lowest BCUT2D eigenvalue weighted by atomic mass is 10.0. The minimum atomic E-state index is -1.11. The van der Waals surface area contributed by atoms with Gasteiger partial charge in [-0.1, -0.05) is 71.9 Å². The Morgan fingerprint density at radius 3 is 1.38 bits per heavy atom. The molecule has 1 fully saturated rings. The monoisotopic (exact) mass is 908 g/mol. The van der Waals surface area contributed by atoms with Crippen molar-refractivity contribution in [2.24, 2.45) is 17.8 Å². The summed E-state index contributed by atoms with van der Waals surface area (Å²) in [5, 5.41) is 23.3. The summed E-state index contributed by atoms with van der Waals surface area (Å²) in [6, 6.07) is 3.03. The molecule has 0 bridgehead atoms. The van der Waals surface area contributed by atoms with Gasteiger partial charge in [0, 0.05) is 6.42 Å². The molecule has 1 heterocycles. The molecule has 0 radical (unpaired) electrons. The van der Waals surface area contributed by atoms with E-state index in [4.69, 9.17) is 4.74 Å². The van der Waals surface area contributed by atoms with Crippen LogP contribution in [0.4, 0.5) is 0 Å². The SMILES string of the molecule is COC(=O)[C@H](Cc1ccccc1)NC(=O)[C@H](CC(C)C)NC(=O)[C@H](C)NC(=O)[C@H](CC(C)C)NC(=O)[C@H](C)NC(=O)[C@H](CC(C)C)NC(=O)CN1CCCNCCCNCCC1.Cl. The van der Waals surface area contributed by atoms with Gasteiger partial charge in [-0.15, -0.1) is 12.4 Å². The average Bonchev–Trinajstić information content (AvgIpc) is 3.20. The van der Waals surface area contributed by atoms with E-state index in [1.54, 1.807) is 0 Å². The Kier molecular flexibility index (Phi) is 27.6. The number of hydrogen-bond donors (Lipinski definition) is 8. The summed E-state index contributed by atoms with van der Waals surface area (Å²) < 4.78 is 4.94. The quantitative estimate of drug-likeness (QED) is 0.0780. The minimum absolute atomic E-state index is 0. The molecular formula is C45H78ClN9O8. The first kappa shape index (κ1) is 56.7. The Morgan fingerprint density at radius 2 is 0.952 bits per heavy atom. The smallest absolute Gasteiger partial charge is 0.328 e. The first-order valence-electron chi connectivity index (χ1n) is 22.5. The van der Waals surface area contributed by atoms with Gasteiger partial charge in [-0.2, -0.15) is 0 Å². The molecule has 0 saturated carbocycles. The Morgan fingerprint density at radius 1 is 0.556 bits per heavy atom. The van der Waals surface area contributed by atoms with E-state index in [0.29, 0.717) is 6.42 Å². The largest absolute Gasteiger partial charge is 0.467 e. The van der Waals surface area contributed by atoms with Gasteiger partial charge in [-0.05, 0) is 115 Å². The summed E-state index contributed by atoms with van der Waals surface area (Å²) in [4.78, 5) is 95.8. The van der Waals surface area contributed by atoms with Crippen molar-refractivity contribution in [1.82, 2.24) is 47.4 Å². The third-order valence-electron chi connectivity index (χ3n) is 10.4. The highest BCUT2D eigenvalue weighted by atomic mass is 35.5. The van der Waals surface area contributed by atoms with E-state index >= 15 is 0 Å². The van der Waals surface area contributed by atoms with Crippen molar-refractivity contribution in [3.63, 3.8) is 0 Å². The van der Waals surface area contributed by atoms with Crippen molar-refractivity contribution in [3.8, 4) is 0 Å². The van der Waals surface area contributed by atoms with Gasteiger partial charge in [0.15, 0.2) is 0 Å². The van der Waals surface area contributed by atoms with Crippen LogP contribution in [0.5, 0.6) is 0 Å². The lowest BCUT2D eigenvalue weighted by Gasteiger charge is -2.27. The van der Waals surface area contributed by atoms with Crippen LogP contribution in [0.25, 0.3) is 0 Å². The number of nitrogens with one attached hydrogen (secondary N) is 8. The molecule has 6 atom stereocenters. The number of hydrogen-bond acceptors (Lipinski definition) is 11. The minimum Gasteiger partial charge on any atom is -0.467 e. The molecule has 1 aliphatic rings. The Balaban J connectivity index is 0.0000198. The summed E-state index contributed by atoms with van der Waals surface area (Å²) in [5.74, 6) is -3.84. The fourth-order valence-corrected chi connectivity index (χ4v) is 7.08. The number of nitrogens with zero attached hydrogens (tertiary/aromatic N) is 1. The molecule has 18 heteroatoms. The number of ether oxygens (including phenoxy) is 1. The first-order chi connectivity index (χ1) is 29.4. The fraction of sp³-hybridized carbons (Fsp3) is 0.711. The molecule has 0 spiro atoms. The van der Waals surface area contributed by atoms with Crippen LogP contribution < -0.4 is 42.5 Å². The molecule has 0 aliphatic carbocycles. The molecule has 358 valence electrons. The van der Waals surface area contributed by atoms with Crippen LogP contribution >= 0.6 is 12.4 Å². The van der Waals surface area contributed by atoms with Gasteiger partial charge in [-0.3, -0.25) is 33.7 Å². The lowest BCUT2D eigenvalue weighted by molar-refractivity contribution is -0.145. The van der Waals surface area contributed by atoms with Gasteiger partial charge in [0.2, 0.25) is 35.4 Å². The number of halogens is 1. The third kappa shape index (κ3) is 23.3. The third-order valence-corrected chi connectivity index (χ3v) is 10.4. The van der Waals surface area contributed by atoms with Crippen LogP contribution in [0.1, 0.15) is 99.5 Å². The summed E-state index contributed by atoms with van der Waals surface area (Å²) in [6.07, 6.45) is 3.90. The molecule has 63 heavy (non-hydrogen) atoms. The molecule has 1 aromatic carbocycles. The number of methoxy groups -OCH3 is 1. The average molecular weight is 909 g/mol. The molecule has 17 nitrogen and oxygen atoms in total. The van der Waals surface area contributed by atoms with Crippen molar-refractivity contribution in [2.75, 3.05) is 52.9 Å². The van der Waals surface area contributed by atoms with E-state index in [2.05, 4.69) is 47.4 Å². The fourth-order valence-electron chi connectivity index (χ4n) is 7.08. The topological polar surface area (TPSA) is 228 Å². The summed E-state index contributed by atoms with van der Waals surface area (Å²) in [6.45, 7) is 19.7. The molecule has 0 aromatic heterocycles. The van der Waals surface area contributed by atoms with Crippen LogP contribution in [0.15, 0.2) is 30.3 Å². The zero-order valence-electron chi connectivity index (χ0n) is 39.1. The molecule has 1 aromatic rings. The number of carbonyl (C=O) groups excluding carboxylic acids is 7. The molecule has 8 N–H and O–H groups in total. The zero-order valence-corrected chi connectivity index (χ0v) is 39.9. The second-order valence-electron chi connectivity index (χ2n) is 17.7. The predicted molar refractivity (Wildman–Crippen MR) is 247 cm³/mol. The van der Waals surface area contributed by atoms with Crippen molar-refractivity contribution in [2.45, 2.75) is 137 Å². The van der Waals surface area contributed by atoms with Crippen molar-refractivity contribution < 1.29 is 38.3 Å². The molecule has 1 aliphatic heterocycles. The predicted octanol–water partition coefficient (Wildman–Crippen LogP) is 1.58. The molecule has 1 saturated heterocycles. The van der Waals surface area contributed by atoms with E-state index in [9.17, 15) is 33.6 Å². The van der Waals surface area contributed by atoms with Crippen LogP contribution in [-0.2, 0) is 44.7 Å². The van der Waals surface area contributed by atoms with E-state index in [-0.39, 0.29) is 61.9 Å². The number of rotatable bonds is 22. The van der Waals surface area contributed by atoms with Crippen LogP contribution in [0.2, 0.25) is 0 Å². The highest BCUT2D eigenvalue weighted by Gasteiger charge is 2.32. The van der Waals surface area contributed by atoms with Crippen LogP contribution in [0.3, 0.4) is 0 Å². The van der Waals surface area contributed by atoms with E-state index in [0.717, 1.165) is 64.1 Å². The van der Waals surface area contributed by atoms with Gasteiger partial charge < -0.3 is 47.3 Å². The molecular weight excluding hydrogens is 830 g/mol. The molecule has 0 unspecified atom stereocenters. The first-order valence-corrected chi connectivity index (χ1v) is 22.5. The van der Waals surface area contributed by atoms with Crippen molar-refractivity contribution in [3.05, 3.63) is 35.9 Å². The second-order valence-corrected chi connectivity index (χ2v) is 17.7. The maximum Gasteiger partial charge on any atom is 0.328 e. The number of esters is 1. The Labute approximate surface area is 381 Å². The van der Waals surface area contributed by atoms with E-state index in [1.807, 2.05) is 71.9 Å². The van der Waals surface area contributed by atoms with Crippen molar-refractivity contribution >= 4 is 53.8 Å². The standard InChI is InChI=1S/C45H77N9O8.ClH/c1-29(2)24-35(50-39(55)28-54-22-14-20-46-18-13-19-47-21-15-23-54)42(58)48-32(7)40(56)51-36(25-30(3)4)43(59)49-33(8)41(57)52-37(26-31(5)6)44(60)53-38(45(61)62-9)27-34-16-11-10-12-17-34;/h10-12,16-17,29-33,35-38,46-47H,13-15,18-28H2,1-9H3,(H,48,58)(H,49,59)(H,50,55)(H,51,56)(H,52,57)(H,53,60);1H/t32-,33-,35-,36-,37-,38-;/m0./s1. The van der Waals surface area contributed by atoms with Gasteiger partial charge >= 0.3 is 5.97 Å². The van der Waals surface area contributed by atoms with Crippen LogP contribution in [0, 0.1) is 17.8 Å². The highest BCUT2D eigenvalue weighted by Crippen LogP contribution is 2.11. The van der Waals surface area contributed by atoms with Gasteiger partial charge in [0.25, 0.3) is 0 Å². The summed E-state index contributed by atoms with van der Waals surface area (Å²) in [5.41, 5.74) is 0.810. The number of benzene rings is 1. The van der Waals surface area contributed by atoms with Crippen molar-refractivity contribution in [1.29, 1.82) is 0 Å². The summed E-state index contributed by atoms with van der Waals surface area (Å²) in [7, 11) is 1.24. The molecule has 6 amide bonds.